The minimum atomic E-state index is -4.44. The summed E-state index contributed by atoms with van der Waals surface area (Å²) in [7, 11) is -4.44. The molecule has 2 aromatic carbocycles. The zero-order valence-electron chi connectivity index (χ0n) is 15.4. The zero-order chi connectivity index (χ0) is 19.6. The van der Waals surface area contributed by atoms with Crippen LogP contribution < -0.4 is 0 Å². The number of allylic oxidation sites excluding steroid dienone is 1. The zero-order valence-corrected chi connectivity index (χ0v) is 17.0. The molecule has 0 spiro atoms. The van der Waals surface area contributed by atoms with Crippen LogP contribution in [0.3, 0.4) is 0 Å². The lowest BCUT2D eigenvalue weighted by Crippen LogP contribution is -1.97. The van der Waals surface area contributed by atoms with Crippen LogP contribution in [0.15, 0.2) is 71.1 Å². The van der Waals surface area contributed by atoms with E-state index in [9.17, 15) is 13.0 Å². The third-order valence-corrected chi connectivity index (χ3v) is 6.03. The van der Waals surface area contributed by atoms with E-state index in [2.05, 4.69) is 63.2 Å². The molecule has 0 aliphatic rings. The lowest BCUT2D eigenvalue weighted by atomic mass is 10.1. The first-order valence-electron chi connectivity index (χ1n) is 8.49. The van der Waals surface area contributed by atoms with E-state index in [1.54, 1.807) is 23.5 Å². The van der Waals surface area contributed by atoms with Gasteiger partial charge in [0.2, 0.25) is 21.1 Å². The average molecular weight is 397 g/mol. The van der Waals surface area contributed by atoms with Gasteiger partial charge in [0, 0.05) is 23.3 Å². The maximum absolute atomic E-state index is 11.2. The highest BCUT2D eigenvalue weighted by molar-refractivity contribution is 7.85. The van der Waals surface area contributed by atoms with Crippen molar-refractivity contribution in [1.29, 1.82) is 0 Å². The molecule has 0 unspecified atom stereocenters. The summed E-state index contributed by atoms with van der Waals surface area (Å²) < 4.78 is 33.5. The van der Waals surface area contributed by atoms with E-state index in [0.717, 1.165) is 26.4 Å². The fraction of sp³-hybridized carbons (Fsp3) is 0.136. The summed E-state index contributed by atoms with van der Waals surface area (Å²) in [6.07, 6.45) is 2.12. The van der Waals surface area contributed by atoms with Gasteiger partial charge in [-0.15, -0.1) is 0 Å². The molecule has 1 aromatic heterocycles. The molecule has 27 heavy (non-hydrogen) atoms. The molecule has 3 aromatic rings. The molecule has 0 atom stereocenters. The SMILES string of the molecule is CC(C)=Cc1cc(-c2ccc(C)cc2)[s+]c(-c2ccc(S(=O)(=O)[O-])cc2)c1. The van der Waals surface area contributed by atoms with Gasteiger partial charge in [-0.3, -0.25) is 0 Å². The first kappa shape index (κ1) is 19.4. The van der Waals surface area contributed by atoms with E-state index in [1.165, 1.54) is 23.3 Å². The molecule has 0 radical (unpaired) electrons. The predicted octanol–water partition coefficient (Wildman–Crippen LogP) is 6.00. The molecule has 5 heteroatoms. The Labute approximate surface area is 164 Å². The number of benzene rings is 2. The third-order valence-electron chi connectivity index (χ3n) is 4.03. The second-order valence-electron chi connectivity index (χ2n) is 6.69. The Bertz CT molecular complexity index is 1090. The molecule has 0 N–H and O–H groups in total. The van der Waals surface area contributed by atoms with Crippen molar-refractivity contribution in [3.63, 3.8) is 0 Å². The van der Waals surface area contributed by atoms with Gasteiger partial charge < -0.3 is 4.55 Å². The van der Waals surface area contributed by atoms with Gasteiger partial charge in [-0.05, 0) is 62.7 Å². The summed E-state index contributed by atoms with van der Waals surface area (Å²) in [6, 6.07) is 18.7. The topological polar surface area (TPSA) is 57.2 Å². The van der Waals surface area contributed by atoms with Crippen LogP contribution in [0.1, 0.15) is 25.0 Å². The van der Waals surface area contributed by atoms with Crippen LogP contribution in [0.2, 0.25) is 0 Å². The van der Waals surface area contributed by atoms with Gasteiger partial charge in [-0.2, -0.15) is 0 Å². The van der Waals surface area contributed by atoms with Crippen molar-refractivity contribution >= 4 is 27.5 Å². The second-order valence-corrected chi connectivity index (χ2v) is 9.15. The quantitative estimate of drug-likeness (QED) is 0.401. The Morgan fingerprint density at radius 1 is 0.889 bits per heavy atom. The summed E-state index contributed by atoms with van der Waals surface area (Å²) in [5.74, 6) is 0. The Morgan fingerprint density at radius 3 is 1.81 bits per heavy atom. The van der Waals surface area contributed by atoms with Gasteiger partial charge in [0.25, 0.3) is 0 Å². The van der Waals surface area contributed by atoms with Crippen molar-refractivity contribution in [3.05, 3.63) is 77.4 Å². The fourth-order valence-corrected chi connectivity index (χ4v) is 4.33. The Kier molecular flexibility index (Phi) is 5.56. The highest BCUT2D eigenvalue weighted by Gasteiger charge is 2.18. The molecule has 138 valence electrons. The summed E-state index contributed by atoms with van der Waals surface area (Å²) in [6.45, 7) is 6.16. The molecule has 1 heterocycles. The smallest absolute Gasteiger partial charge is 0.239 e. The van der Waals surface area contributed by atoms with Crippen LogP contribution in [0, 0.1) is 6.92 Å². The molecule has 3 rings (SSSR count). The van der Waals surface area contributed by atoms with Gasteiger partial charge in [-0.25, -0.2) is 8.42 Å². The number of hydrogen-bond acceptors (Lipinski definition) is 3. The normalized spacial score (nSPS) is 11.3. The van der Waals surface area contributed by atoms with E-state index >= 15 is 0 Å². The molecular weight excluding hydrogens is 376 g/mol. The van der Waals surface area contributed by atoms with Crippen LogP contribution in [-0.4, -0.2) is 13.0 Å². The minimum absolute atomic E-state index is 0.213. The van der Waals surface area contributed by atoms with E-state index in [-0.39, 0.29) is 4.90 Å². The Morgan fingerprint density at radius 2 is 1.37 bits per heavy atom. The van der Waals surface area contributed by atoms with E-state index in [4.69, 9.17) is 0 Å². The van der Waals surface area contributed by atoms with E-state index in [1.807, 2.05) is 0 Å². The molecule has 0 bridgehead atoms. The number of aryl methyl sites for hydroxylation is 1. The van der Waals surface area contributed by atoms with E-state index < -0.39 is 10.1 Å². The highest BCUT2D eigenvalue weighted by atomic mass is 32.2. The van der Waals surface area contributed by atoms with Crippen molar-refractivity contribution in [1.82, 2.24) is 0 Å². The summed E-state index contributed by atoms with van der Waals surface area (Å²) in [5, 5.41) is 0. The maximum Gasteiger partial charge on any atom is 0.239 e. The van der Waals surface area contributed by atoms with Gasteiger partial charge in [0.1, 0.15) is 10.1 Å². The summed E-state index contributed by atoms with van der Waals surface area (Å²) in [5.41, 5.74) is 5.50. The number of hydrogen-bond donors (Lipinski definition) is 0. The lowest BCUT2D eigenvalue weighted by Gasteiger charge is -2.06. The predicted molar refractivity (Wildman–Crippen MR) is 112 cm³/mol. The third kappa shape index (κ3) is 4.89. The molecule has 3 nitrogen and oxygen atoms in total. The first-order valence-corrected chi connectivity index (χ1v) is 10.7. The van der Waals surface area contributed by atoms with Gasteiger partial charge in [0.15, 0.2) is 0 Å². The van der Waals surface area contributed by atoms with Crippen molar-refractivity contribution in [3.8, 4) is 20.9 Å². The van der Waals surface area contributed by atoms with Crippen molar-refractivity contribution < 1.29 is 13.0 Å². The molecule has 0 aliphatic heterocycles. The minimum Gasteiger partial charge on any atom is -0.744 e. The lowest BCUT2D eigenvalue weighted by molar-refractivity contribution is 0.463. The van der Waals surface area contributed by atoms with Crippen molar-refractivity contribution in [2.24, 2.45) is 0 Å². The van der Waals surface area contributed by atoms with Crippen LogP contribution in [0.5, 0.6) is 0 Å². The average Bonchev–Trinajstić information content (AvgIpc) is 2.61. The summed E-state index contributed by atoms with van der Waals surface area (Å²) in [4.78, 5) is 1.92. The van der Waals surface area contributed by atoms with Gasteiger partial charge in [0.05, 0.1) is 4.90 Å². The molecule has 0 fully saturated rings. The fourth-order valence-electron chi connectivity index (χ4n) is 2.73. The van der Waals surface area contributed by atoms with Crippen LogP contribution in [0.25, 0.3) is 27.0 Å². The monoisotopic (exact) mass is 396 g/mol. The molecule has 0 saturated carbocycles. The molecule has 0 aliphatic carbocycles. The molecular formula is C22H20O3S2. The largest absolute Gasteiger partial charge is 0.744 e. The van der Waals surface area contributed by atoms with Crippen molar-refractivity contribution in [2.45, 2.75) is 25.7 Å². The standard InChI is InChI=1S/C22H20O3S2/c1-15(2)12-17-13-21(18-6-4-16(3)5-7-18)26-22(14-17)19-8-10-20(11-9-19)27(23,24)25/h4-14H,1-3H3. The number of rotatable bonds is 4. The van der Waals surface area contributed by atoms with Crippen molar-refractivity contribution in [2.75, 3.05) is 0 Å². The van der Waals surface area contributed by atoms with Gasteiger partial charge in [-0.1, -0.05) is 29.3 Å². The van der Waals surface area contributed by atoms with Crippen LogP contribution >= 0.6 is 11.3 Å². The van der Waals surface area contributed by atoms with Gasteiger partial charge >= 0.3 is 0 Å². The Balaban J connectivity index is 2.13. The maximum atomic E-state index is 11.2. The molecule has 0 saturated heterocycles. The first-order chi connectivity index (χ1) is 12.7. The summed E-state index contributed by atoms with van der Waals surface area (Å²) >= 11 is 1.63. The Hall–Kier alpha value is -2.34. The van der Waals surface area contributed by atoms with E-state index in [0.29, 0.717) is 0 Å². The highest BCUT2D eigenvalue weighted by Crippen LogP contribution is 2.35. The van der Waals surface area contributed by atoms with Crippen LogP contribution in [-0.2, 0) is 10.1 Å². The second kappa shape index (κ2) is 7.72. The van der Waals surface area contributed by atoms with Crippen LogP contribution in [0.4, 0.5) is 0 Å². The molecule has 0 amide bonds.